The van der Waals surface area contributed by atoms with Crippen molar-refractivity contribution < 1.29 is 9.21 Å². The number of rotatable bonds is 4. The summed E-state index contributed by atoms with van der Waals surface area (Å²) >= 11 is 0. The molecule has 1 aromatic heterocycles. The lowest BCUT2D eigenvalue weighted by Gasteiger charge is -2.33. The van der Waals surface area contributed by atoms with Gasteiger partial charge in [0.1, 0.15) is 12.1 Å². The van der Waals surface area contributed by atoms with Crippen LogP contribution in [0.25, 0.3) is 11.5 Å². The number of amides is 1. The normalized spacial score (nSPS) is 16.3. The lowest BCUT2D eigenvalue weighted by molar-refractivity contribution is -0.123. The van der Waals surface area contributed by atoms with Crippen LogP contribution in [0.2, 0.25) is 0 Å². The van der Waals surface area contributed by atoms with E-state index in [-0.39, 0.29) is 18.3 Å². The van der Waals surface area contributed by atoms with E-state index in [1.165, 1.54) is 0 Å². The number of carbonyl (C=O) groups is 1. The van der Waals surface area contributed by atoms with Crippen LogP contribution < -0.4 is 11.1 Å². The van der Waals surface area contributed by atoms with Gasteiger partial charge < -0.3 is 9.73 Å². The average Bonchev–Trinajstić information content (AvgIpc) is 2.97. The van der Waals surface area contributed by atoms with Crippen molar-refractivity contribution in [3.05, 3.63) is 40.9 Å². The molecule has 1 saturated carbocycles. The molecule has 0 atom stereocenters. The number of nitrogens with one attached hydrogen (secondary N) is 1. The molecule has 1 aliphatic carbocycles. The van der Waals surface area contributed by atoms with Crippen molar-refractivity contribution >= 4 is 5.91 Å². The number of carbonyl (C=O) groups excluding carboxylic acids is 1. The number of terminal acetylenes is 1. The highest BCUT2D eigenvalue weighted by Crippen LogP contribution is 2.27. The van der Waals surface area contributed by atoms with Gasteiger partial charge in [0.25, 0.3) is 0 Å². The molecule has 1 heterocycles. The Morgan fingerprint density at radius 3 is 2.67 bits per heavy atom. The van der Waals surface area contributed by atoms with Gasteiger partial charge in [0.2, 0.25) is 11.8 Å². The van der Waals surface area contributed by atoms with E-state index in [1.807, 2.05) is 18.2 Å². The molecule has 1 amide bonds. The fourth-order valence-electron chi connectivity index (χ4n) is 3.01. The van der Waals surface area contributed by atoms with Crippen LogP contribution in [-0.4, -0.2) is 21.2 Å². The molecule has 1 aliphatic rings. The Kier molecular flexibility index (Phi) is 4.52. The maximum atomic E-state index is 12.3. The highest BCUT2D eigenvalue weighted by atomic mass is 16.4. The second-order valence-corrected chi connectivity index (χ2v) is 6.03. The van der Waals surface area contributed by atoms with Gasteiger partial charge in [-0.15, -0.1) is 11.5 Å². The molecule has 3 rings (SSSR count). The maximum Gasteiger partial charge on any atom is 0.437 e. The molecule has 24 heavy (non-hydrogen) atoms. The summed E-state index contributed by atoms with van der Waals surface area (Å²) in [6, 6.07) is 9.06. The summed E-state index contributed by atoms with van der Waals surface area (Å²) in [5.74, 6) is 1.92. The minimum atomic E-state index is -0.664. The molecule has 124 valence electrons. The van der Waals surface area contributed by atoms with E-state index in [2.05, 4.69) is 16.3 Å². The first-order chi connectivity index (χ1) is 11.6. The molecule has 6 nitrogen and oxygen atoms in total. The second kappa shape index (κ2) is 6.75. The van der Waals surface area contributed by atoms with Crippen LogP contribution in [0.5, 0.6) is 0 Å². The first-order valence-corrected chi connectivity index (χ1v) is 8.04. The molecule has 6 heteroatoms. The zero-order chi connectivity index (χ0) is 17.0. The van der Waals surface area contributed by atoms with E-state index in [0.29, 0.717) is 5.56 Å². The summed E-state index contributed by atoms with van der Waals surface area (Å²) in [7, 11) is 0. The van der Waals surface area contributed by atoms with Gasteiger partial charge in [0, 0.05) is 5.56 Å². The monoisotopic (exact) mass is 325 g/mol. The molecule has 0 spiro atoms. The van der Waals surface area contributed by atoms with Gasteiger partial charge in [0.15, 0.2) is 0 Å². The first-order valence-electron chi connectivity index (χ1n) is 8.04. The second-order valence-electron chi connectivity index (χ2n) is 6.03. The molecule has 0 bridgehead atoms. The highest BCUT2D eigenvalue weighted by Gasteiger charge is 2.31. The average molecular weight is 325 g/mol. The van der Waals surface area contributed by atoms with Crippen molar-refractivity contribution in [2.75, 3.05) is 0 Å². The van der Waals surface area contributed by atoms with Crippen LogP contribution in [0.3, 0.4) is 0 Å². The Labute approximate surface area is 139 Å². The maximum absolute atomic E-state index is 12.3. The van der Waals surface area contributed by atoms with Gasteiger partial charge in [-0.05, 0) is 25.0 Å². The lowest BCUT2D eigenvalue weighted by atomic mass is 9.82. The van der Waals surface area contributed by atoms with Crippen LogP contribution in [-0.2, 0) is 11.3 Å². The number of hydrogen-bond acceptors (Lipinski definition) is 4. The highest BCUT2D eigenvalue weighted by molar-refractivity contribution is 5.77. The lowest BCUT2D eigenvalue weighted by Crippen LogP contribution is -2.50. The molecule has 0 unspecified atom stereocenters. The number of benzene rings is 1. The number of nitrogens with zero attached hydrogens (tertiary/aromatic N) is 2. The fraction of sp³-hybridized carbons (Fsp3) is 0.389. The molecule has 2 aromatic rings. The summed E-state index contributed by atoms with van der Waals surface area (Å²) in [5, 5.41) is 6.98. The topological polar surface area (TPSA) is 77.1 Å². The van der Waals surface area contributed by atoms with Crippen molar-refractivity contribution in [2.45, 2.75) is 44.2 Å². The van der Waals surface area contributed by atoms with Crippen molar-refractivity contribution in [2.24, 2.45) is 0 Å². The van der Waals surface area contributed by atoms with Crippen molar-refractivity contribution in [3.8, 4) is 23.8 Å². The smallest absolute Gasteiger partial charge is 0.388 e. The zero-order valence-corrected chi connectivity index (χ0v) is 13.3. The van der Waals surface area contributed by atoms with Crippen molar-refractivity contribution in [1.82, 2.24) is 15.1 Å². The third-order valence-electron chi connectivity index (χ3n) is 4.28. The molecule has 0 aliphatic heterocycles. The van der Waals surface area contributed by atoms with E-state index in [0.717, 1.165) is 36.8 Å². The van der Waals surface area contributed by atoms with Crippen LogP contribution in [0.4, 0.5) is 0 Å². The van der Waals surface area contributed by atoms with Crippen LogP contribution in [0.15, 0.2) is 39.5 Å². The Balaban J connectivity index is 1.72. The standard InChI is InChI=1S/C18H19N3O3/c1-2-18(11-7-4-8-12-18)19-15(22)13-21-17(23)24-16(20-21)14-9-5-3-6-10-14/h1,3,5-6,9-10H,4,7-8,11-13H2,(H,19,22). The van der Waals surface area contributed by atoms with Crippen LogP contribution >= 0.6 is 0 Å². The summed E-state index contributed by atoms with van der Waals surface area (Å²) in [6.07, 6.45) is 10.3. The minimum Gasteiger partial charge on any atom is -0.388 e. The van der Waals surface area contributed by atoms with Crippen LogP contribution in [0.1, 0.15) is 32.1 Å². The van der Waals surface area contributed by atoms with E-state index >= 15 is 0 Å². The van der Waals surface area contributed by atoms with Crippen molar-refractivity contribution in [1.29, 1.82) is 0 Å². The Morgan fingerprint density at radius 2 is 2.00 bits per heavy atom. The Bertz CT molecular complexity index is 808. The number of aromatic nitrogens is 2. The van der Waals surface area contributed by atoms with Gasteiger partial charge in [-0.25, -0.2) is 4.79 Å². The Morgan fingerprint density at radius 1 is 1.29 bits per heavy atom. The SMILES string of the molecule is C#CC1(NC(=O)Cn2nc(-c3ccccc3)oc2=O)CCCCC1. The molecular formula is C18H19N3O3. The van der Waals surface area contributed by atoms with Crippen LogP contribution in [0, 0.1) is 12.3 Å². The van der Waals surface area contributed by atoms with Gasteiger partial charge in [0.05, 0.1) is 0 Å². The van der Waals surface area contributed by atoms with Crippen molar-refractivity contribution in [3.63, 3.8) is 0 Å². The van der Waals surface area contributed by atoms with Gasteiger partial charge in [-0.3, -0.25) is 4.79 Å². The quantitative estimate of drug-likeness (QED) is 0.872. The minimum absolute atomic E-state index is 0.192. The molecular weight excluding hydrogens is 306 g/mol. The van der Waals surface area contributed by atoms with E-state index in [9.17, 15) is 9.59 Å². The van der Waals surface area contributed by atoms with E-state index < -0.39 is 11.3 Å². The van der Waals surface area contributed by atoms with Gasteiger partial charge >= 0.3 is 5.76 Å². The fourth-order valence-corrected chi connectivity index (χ4v) is 3.01. The van der Waals surface area contributed by atoms with E-state index in [4.69, 9.17) is 10.8 Å². The van der Waals surface area contributed by atoms with E-state index in [1.54, 1.807) is 12.1 Å². The summed E-state index contributed by atoms with van der Waals surface area (Å²) < 4.78 is 6.14. The zero-order valence-electron chi connectivity index (χ0n) is 13.3. The predicted octanol–water partition coefficient (Wildman–Crippen LogP) is 1.96. The number of hydrogen-bond donors (Lipinski definition) is 1. The molecule has 1 aromatic carbocycles. The largest absolute Gasteiger partial charge is 0.437 e. The first kappa shape index (κ1) is 16.1. The van der Waals surface area contributed by atoms with Gasteiger partial charge in [-0.1, -0.05) is 43.4 Å². The summed E-state index contributed by atoms with van der Waals surface area (Å²) in [5.41, 5.74) is 0.0754. The molecule has 0 radical (unpaired) electrons. The summed E-state index contributed by atoms with van der Waals surface area (Å²) in [6.45, 7) is -0.210. The summed E-state index contributed by atoms with van der Waals surface area (Å²) in [4.78, 5) is 24.2. The predicted molar refractivity (Wildman–Crippen MR) is 89.0 cm³/mol. The molecule has 0 saturated heterocycles. The third kappa shape index (κ3) is 3.40. The van der Waals surface area contributed by atoms with Gasteiger partial charge in [-0.2, -0.15) is 4.68 Å². The Hall–Kier alpha value is -2.81. The molecule has 1 N–H and O–H groups in total. The molecule has 1 fully saturated rings. The third-order valence-corrected chi connectivity index (χ3v) is 4.28.